The molecule has 0 heterocycles. The third-order valence-corrected chi connectivity index (χ3v) is 4.28. The molecule has 0 radical (unpaired) electrons. The van der Waals surface area contributed by atoms with E-state index in [4.69, 9.17) is 4.74 Å². The van der Waals surface area contributed by atoms with Gasteiger partial charge in [0.05, 0.1) is 5.56 Å². The van der Waals surface area contributed by atoms with Gasteiger partial charge in [0.1, 0.15) is 6.61 Å². The number of benzene rings is 1. The smallest absolute Gasteiger partial charge is 0.338 e. The fraction of sp³-hybridized carbons (Fsp3) is 0.588. The summed E-state index contributed by atoms with van der Waals surface area (Å²) in [5.41, 5.74) is 1.65. The summed E-state index contributed by atoms with van der Waals surface area (Å²) in [6, 6.07) is 7.49. The van der Waals surface area contributed by atoms with E-state index in [2.05, 4.69) is 30.4 Å². The van der Waals surface area contributed by atoms with E-state index in [-0.39, 0.29) is 23.0 Å². The van der Waals surface area contributed by atoms with Crippen LogP contribution in [0, 0.1) is 0 Å². The van der Waals surface area contributed by atoms with Gasteiger partial charge in [0.15, 0.2) is 0 Å². The van der Waals surface area contributed by atoms with Gasteiger partial charge in [0, 0.05) is 31.1 Å². The lowest BCUT2D eigenvalue weighted by Crippen LogP contribution is -2.22. The number of halogens is 1. The third-order valence-electron chi connectivity index (χ3n) is 3.22. The summed E-state index contributed by atoms with van der Waals surface area (Å²) in [4.78, 5) is 12.0. The Balaban J connectivity index is 0.00000484. The number of esters is 1. The quantitative estimate of drug-likeness (QED) is 0.331. The molecule has 0 saturated carbocycles. The second-order valence-corrected chi connectivity index (χ2v) is 6.28. The van der Waals surface area contributed by atoms with Crippen LogP contribution in [0.25, 0.3) is 0 Å². The minimum atomic E-state index is -0.252. The largest absolute Gasteiger partial charge is 0.461 e. The van der Waals surface area contributed by atoms with Gasteiger partial charge >= 0.3 is 5.97 Å². The number of unbranched alkanes of at least 4 members (excludes halogenated alkanes) is 1. The molecule has 0 amide bonds. The first-order valence-corrected chi connectivity index (χ1v) is 9.04. The number of likely N-dealkylation sites (N-methyl/N-ethyl adjacent to an activating group) is 1. The van der Waals surface area contributed by atoms with Gasteiger partial charge in [0.2, 0.25) is 0 Å². The van der Waals surface area contributed by atoms with Crippen LogP contribution in [0.3, 0.4) is 0 Å². The van der Waals surface area contributed by atoms with Crippen LogP contribution in [0.1, 0.15) is 44.0 Å². The van der Waals surface area contributed by atoms with Crippen molar-refractivity contribution in [3.63, 3.8) is 0 Å². The molecular formula is C17H29BrN2O2S. The molecular weight excluding hydrogens is 376 g/mol. The first kappa shape index (κ1) is 22.3. The Morgan fingerprint density at radius 2 is 1.91 bits per heavy atom. The highest BCUT2D eigenvalue weighted by molar-refractivity contribution is 8.93. The molecule has 1 N–H and O–H groups in total. The third kappa shape index (κ3) is 9.23. The first-order valence-electron chi connectivity index (χ1n) is 8.10. The number of nitrogens with one attached hydrogen (secondary N) is 1. The van der Waals surface area contributed by atoms with Crippen molar-refractivity contribution in [2.45, 2.75) is 33.6 Å². The lowest BCUT2D eigenvalue weighted by Gasteiger charge is -2.17. The zero-order chi connectivity index (χ0) is 16.2. The number of anilines is 1. The fourth-order valence-corrected chi connectivity index (χ4v) is 2.71. The number of carbonyl (C=O) groups excluding carboxylic acids is 1. The molecule has 0 aromatic heterocycles. The number of hydrogen-bond donors (Lipinski definition) is 1. The molecule has 0 unspecified atom stereocenters. The standard InChI is InChI=1S/C17H28N2O2S.BrH/c1-4-7-12-18-16-10-8-15(9-11-16)17(20)21-14-13-19(5-2)22-6-3;/h8-11,18H,4-7,12-14H2,1-3H3;1H. The first-order chi connectivity index (χ1) is 10.7. The second kappa shape index (κ2) is 13.7. The van der Waals surface area contributed by atoms with Crippen molar-refractivity contribution in [3.8, 4) is 0 Å². The summed E-state index contributed by atoms with van der Waals surface area (Å²) >= 11 is 1.77. The molecule has 0 bridgehead atoms. The number of carbonyl (C=O) groups is 1. The van der Waals surface area contributed by atoms with Gasteiger partial charge in [-0.15, -0.1) is 17.0 Å². The van der Waals surface area contributed by atoms with E-state index in [1.807, 2.05) is 24.3 Å². The average Bonchev–Trinajstić information content (AvgIpc) is 2.54. The van der Waals surface area contributed by atoms with Crippen molar-refractivity contribution in [2.75, 3.05) is 37.3 Å². The molecule has 6 heteroatoms. The van der Waals surface area contributed by atoms with Gasteiger partial charge < -0.3 is 10.1 Å². The maximum absolute atomic E-state index is 12.0. The fourth-order valence-electron chi connectivity index (χ4n) is 1.95. The maximum Gasteiger partial charge on any atom is 0.338 e. The van der Waals surface area contributed by atoms with Gasteiger partial charge in [-0.2, -0.15) is 0 Å². The molecule has 132 valence electrons. The van der Waals surface area contributed by atoms with Crippen LogP contribution >= 0.6 is 28.9 Å². The van der Waals surface area contributed by atoms with Gasteiger partial charge in [-0.3, -0.25) is 0 Å². The van der Waals surface area contributed by atoms with Crippen LogP contribution in [0.5, 0.6) is 0 Å². The van der Waals surface area contributed by atoms with Crippen LogP contribution in [0.2, 0.25) is 0 Å². The predicted molar refractivity (Wildman–Crippen MR) is 106 cm³/mol. The monoisotopic (exact) mass is 404 g/mol. The molecule has 0 atom stereocenters. The van der Waals surface area contributed by atoms with Crippen molar-refractivity contribution in [3.05, 3.63) is 29.8 Å². The van der Waals surface area contributed by atoms with E-state index in [1.165, 1.54) is 6.42 Å². The van der Waals surface area contributed by atoms with Crippen molar-refractivity contribution in [1.29, 1.82) is 0 Å². The SMILES string of the molecule is Br.CCCCNc1ccc(C(=O)OCCN(CC)SCC)cc1. The van der Waals surface area contributed by atoms with Crippen molar-refractivity contribution < 1.29 is 9.53 Å². The van der Waals surface area contributed by atoms with Crippen LogP contribution in [0.15, 0.2) is 24.3 Å². The second-order valence-electron chi connectivity index (χ2n) is 4.93. The molecule has 0 spiro atoms. The highest BCUT2D eigenvalue weighted by atomic mass is 79.9. The van der Waals surface area contributed by atoms with Crippen molar-refractivity contribution in [1.82, 2.24) is 4.31 Å². The Bertz CT molecular complexity index is 429. The van der Waals surface area contributed by atoms with Crippen molar-refractivity contribution in [2.24, 2.45) is 0 Å². The summed E-state index contributed by atoms with van der Waals surface area (Å²) in [6.07, 6.45) is 2.32. The molecule has 0 aliphatic heterocycles. The van der Waals surface area contributed by atoms with E-state index in [1.54, 1.807) is 11.9 Å². The summed E-state index contributed by atoms with van der Waals surface area (Å²) in [6.45, 7) is 9.49. The molecule has 0 saturated heterocycles. The molecule has 1 aromatic carbocycles. The zero-order valence-electron chi connectivity index (χ0n) is 14.3. The maximum atomic E-state index is 12.0. The van der Waals surface area contributed by atoms with E-state index >= 15 is 0 Å². The highest BCUT2D eigenvalue weighted by Crippen LogP contribution is 2.11. The lowest BCUT2D eigenvalue weighted by atomic mass is 10.2. The Kier molecular flexibility index (Phi) is 13.3. The van der Waals surface area contributed by atoms with Gasteiger partial charge in [-0.25, -0.2) is 9.10 Å². The van der Waals surface area contributed by atoms with E-state index in [9.17, 15) is 4.79 Å². The summed E-state index contributed by atoms with van der Waals surface area (Å²) < 4.78 is 7.53. The molecule has 1 rings (SSSR count). The minimum absolute atomic E-state index is 0. The molecule has 4 nitrogen and oxygen atoms in total. The van der Waals surface area contributed by atoms with Crippen molar-refractivity contribution >= 4 is 40.6 Å². The topological polar surface area (TPSA) is 41.6 Å². The van der Waals surface area contributed by atoms with Gasteiger partial charge in [-0.05, 0) is 30.7 Å². The highest BCUT2D eigenvalue weighted by Gasteiger charge is 2.08. The van der Waals surface area contributed by atoms with Gasteiger partial charge in [0.25, 0.3) is 0 Å². The summed E-state index contributed by atoms with van der Waals surface area (Å²) in [5, 5.41) is 3.33. The Hall–Kier alpha value is -0.720. The van der Waals surface area contributed by atoms with E-state index in [0.717, 1.165) is 37.5 Å². The Morgan fingerprint density at radius 3 is 2.48 bits per heavy atom. The zero-order valence-corrected chi connectivity index (χ0v) is 16.9. The van der Waals surface area contributed by atoms with Crippen LogP contribution in [-0.2, 0) is 4.74 Å². The predicted octanol–water partition coefficient (Wildman–Crippen LogP) is 4.62. The number of hydrogen-bond acceptors (Lipinski definition) is 5. The van der Waals surface area contributed by atoms with Crippen LogP contribution in [-0.4, -0.2) is 42.3 Å². The lowest BCUT2D eigenvalue weighted by molar-refractivity contribution is 0.0493. The van der Waals surface area contributed by atoms with Gasteiger partial charge in [-0.1, -0.05) is 39.1 Å². The average molecular weight is 405 g/mol. The summed E-state index contributed by atoms with van der Waals surface area (Å²) in [5.74, 6) is 0.784. The normalized spacial score (nSPS) is 10.3. The number of rotatable bonds is 11. The number of ether oxygens (including phenoxy) is 1. The van der Waals surface area contributed by atoms with E-state index in [0.29, 0.717) is 12.2 Å². The molecule has 0 aliphatic rings. The van der Waals surface area contributed by atoms with E-state index < -0.39 is 0 Å². The number of nitrogens with zero attached hydrogens (tertiary/aromatic N) is 1. The minimum Gasteiger partial charge on any atom is -0.461 e. The Labute approximate surface area is 155 Å². The molecule has 1 aromatic rings. The molecule has 23 heavy (non-hydrogen) atoms. The Morgan fingerprint density at radius 1 is 1.22 bits per heavy atom. The molecule has 0 aliphatic carbocycles. The molecule has 0 fully saturated rings. The summed E-state index contributed by atoms with van der Waals surface area (Å²) in [7, 11) is 0. The van der Waals surface area contributed by atoms with Crippen LogP contribution < -0.4 is 5.32 Å². The van der Waals surface area contributed by atoms with Crippen LogP contribution in [0.4, 0.5) is 5.69 Å².